The number of aromatic nitrogens is 2. The molecule has 0 bridgehead atoms. The SMILES string of the molecule is Nc1nccnc1Nc1ccccc1SC(F)F. The lowest BCUT2D eigenvalue weighted by molar-refractivity contribution is 0.252. The fraction of sp³-hybridized carbons (Fsp3) is 0.0909. The maximum absolute atomic E-state index is 12.4. The number of para-hydroxylation sites is 1. The predicted octanol–water partition coefficient (Wildman–Crippen LogP) is 3.12. The van der Waals surface area contributed by atoms with Crippen LogP contribution in [0.15, 0.2) is 41.6 Å². The lowest BCUT2D eigenvalue weighted by Crippen LogP contribution is -2.01. The zero-order valence-electron chi connectivity index (χ0n) is 9.18. The van der Waals surface area contributed by atoms with E-state index in [1.54, 1.807) is 24.3 Å². The molecular formula is C11H10F2N4S. The van der Waals surface area contributed by atoms with Gasteiger partial charge in [-0.3, -0.25) is 0 Å². The van der Waals surface area contributed by atoms with E-state index in [2.05, 4.69) is 15.3 Å². The Hall–Kier alpha value is -1.89. The van der Waals surface area contributed by atoms with Gasteiger partial charge in [-0.05, 0) is 12.1 Å². The van der Waals surface area contributed by atoms with Crippen molar-refractivity contribution in [1.82, 2.24) is 9.97 Å². The Labute approximate surface area is 107 Å². The first-order valence-electron chi connectivity index (χ1n) is 5.04. The minimum absolute atomic E-state index is 0.217. The van der Waals surface area contributed by atoms with Crippen LogP contribution < -0.4 is 11.1 Å². The molecule has 0 atom stereocenters. The number of hydrogen-bond acceptors (Lipinski definition) is 5. The van der Waals surface area contributed by atoms with Gasteiger partial charge < -0.3 is 11.1 Å². The van der Waals surface area contributed by atoms with E-state index in [-0.39, 0.29) is 5.82 Å². The molecule has 1 aromatic heterocycles. The van der Waals surface area contributed by atoms with Gasteiger partial charge in [0.15, 0.2) is 11.6 Å². The second kappa shape index (κ2) is 5.63. The van der Waals surface area contributed by atoms with Gasteiger partial charge in [-0.1, -0.05) is 23.9 Å². The monoisotopic (exact) mass is 268 g/mol. The van der Waals surface area contributed by atoms with Crippen molar-refractivity contribution in [2.24, 2.45) is 0 Å². The molecule has 1 aromatic carbocycles. The number of benzene rings is 1. The molecule has 0 radical (unpaired) electrons. The third-order valence-electron chi connectivity index (χ3n) is 2.08. The molecule has 0 aliphatic carbocycles. The zero-order valence-corrected chi connectivity index (χ0v) is 9.99. The van der Waals surface area contributed by atoms with Crippen LogP contribution in [0, 0.1) is 0 Å². The standard InChI is InChI=1S/C11H10F2N4S/c12-11(13)18-8-4-2-1-3-7(8)17-10-9(14)15-5-6-16-10/h1-6,11H,(H2,14,15)(H,16,17). The number of alkyl halides is 2. The number of halogens is 2. The predicted molar refractivity (Wildman–Crippen MR) is 68.0 cm³/mol. The number of hydrogen-bond donors (Lipinski definition) is 2. The lowest BCUT2D eigenvalue weighted by Gasteiger charge is -2.11. The summed E-state index contributed by atoms with van der Waals surface area (Å²) in [6.07, 6.45) is 2.93. The minimum atomic E-state index is -2.48. The Kier molecular flexibility index (Phi) is 3.93. The molecule has 1 heterocycles. The van der Waals surface area contributed by atoms with Gasteiger partial charge in [-0.25, -0.2) is 9.97 Å². The van der Waals surface area contributed by atoms with Gasteiger partial charge in [0, 0.05) is 17.3 Å². The fourth-order valence-corrected chi connectivity index (χ4v) is 1.94. The topological polar surface area (TPSA) is 63.8 Å². The van der Waals surface area contributed by atoms with Gasteiger partial charge in [0.1, 0.15) is 0 Å². The molecule has 18 heavy (non-hydrogen) atoms. The number of nitrogen functional groups attached to an aromatic ring is 1. The Bertz CT molecular complexity index is 536. The highest BCUT2D eigenvalue weighted by Crippen LogP contribution is 2.33. The van der Waals surface area contributed by atoms with E-state index in [9.17, 15) is 8.78 Å². The van der Waals surface area contributed by atoms with Crippen LogP contribution in [0.25, 0.3) is 0 Å². The van der Waals surface area contributed by atoms with E-state index >= 15 is 0 Å². The molecule has 0 fully saturated rings. The number of nitrogens with one attached hydrogen (secondary N) is 1. The molecule has 2 aromatic rings. The molecule has 7 heteroatoms. The largest absolute Gasteiger partial charge is 0.381 e. The normalized spacial score (nSPS) is 10.6. The second-order valence-electron chi connectivity index (χ2n) is 3.29. The fourth-order valence-electron chi connectivity index (χ4n) is 1.34. The summed E-state index contributed by atoms with van der Waals surface area (Å²) in [7, 11) is 0. The molecule has 3 N–H and O–H groups in total. The van der Waals surface area contributed by atoms with Crippen LogP contribution in [0.1, 0.15) is 0 Å². The summed E-state index contributed by atoms with van der Waals surface area (Å²) in [5.41, 5.74) is 6.15. The van der Waals surface area contributed by atoms with Crippen molar-refractivity contribution in [3.63, 3.8) is 0 Å². The number of thioether (sulfide) groups is 1. The van der Waals surface area contributed by atoms with Crippen LogP contribution in [-0.2, 0) is 0 Å². The molecule has 0 amide bonds. The highest BCUT2D eigenvalue weighted by atomic mass is 32.2. The van der Waals surface area contributed by atoms with Crippen molar-refractivity contribution in [2.45, 2.75) is 10.7 Å². The van der Waals surface area contributed by atoms with E-state index < -0.39 is 5.76 Å². The molecule has 0 aliphatic heterocycles. The van der Waals surface area contributed by atoms with Crippen molar-refractivity contribution < 1.29 is 8.78 Å². The lowest BCUT2D eigenvalue weighted by atomic mass is 10.3. The summed E-state index contributed by atoms with van der Waals surface area (Å²) in [6, 6.07) is 6.71. The third-order valence-corrected chi connectivity index (χ3v) is 2.87. The van der Waals surface area contributed by atoms with Crippen molar-refractivity contribution >= 4 is 29.1 Å². The summed E-state index contributed by atoms with van der Waals surface area (Å²) in [5.74, 6) is -1.92. The average Bonchev–Trinajstić information content (AvgIpc) is 2.34. The summed E-state index contributed by atoms with van der Waals surface area (Å²) in [5, 5.41) is 2.89. The van der Waals surface area contributed by atoms with Gasteiger partial charge in [0.05, 0.1) is 5.69 Å². The maximum Gasteiger partial charge on any atom is 0.288 e. The Morgan fingerprint density at radius 3 is 2.61 bits per heavy atom. The number of rotatable bonds is 4. The summed E-state index contributed by atoms with van der Waals surface area (Å²) >= 11 is 0.465. The molecule has 94 valence electrons. The summed E-state index contributed by atoms with van der Waals surface area (Å²) in [6.45, 7) is 0. The van der Waals surface area contributed by atoms with E-state index in [1.165, 1.54) is 12.4 Å². The van der Waals surface area contributed by atoms with E-state index in [0.717, 1.165) is 0 Å². The minimum Gasteiger partial charge on any atom is -0.381 e. The second-order valence-corrected chi connectivity index (χ2v) is 4.32. The van der Waals surface area contributed by atoms with Gasteiger partial charge >= 0.3 is 0 Å². The van der Waals surface area contributed by atoms with E-state index in [1.807, 2.05) is 0 Å². The maximum atomic E-state index is 12.4. The van der Waals surface area contributed by atoms with Crippen LogP contribution >= 0.6 is 11.8 Å². The molecule has 0 saturated carbocycles. The first kappa shape index (κ1) is 12.6. The molecule has 4 nitrogen and oxygen atoms in total. The highest BCUT2D eigenvalue weighted by molar-refractivity contribution is 7.99. The Balaban J connectivity index is 2.26. The van der Waals surface area contributed by atoms with Gasteiger partial charge in [-0.15, -0.1) is 0 Å². The Morgan fingerprint density at radius 2 is 1.89 bits per heavy atom. The van der Waals surface area contributed by atoms with Crippen LogP contribution in [0.4, 0.5) is 26.1 Å². The van der Waals surface area contributed by atoms with Gasteiger partial charge in [0.2, 0.25) is 0 Å². The van der Waals surface area contributed by atoms with E-state index in [4.69, 9.17) is 5.73 Å². The quantitative estimate of drug-likeness (QED) is 0.834. The third kappa shape index (κ3) is 3.07. The van der Waals surface area contributed by atoms with E-state index in [0.29, 0.717) is 28.2 Å². The van der Waals surface area contributed by atoms with Crippen LogP contribution in [0.3, 0.4) is 0 Å². The zero-order chi connectivity index (χ0) is 13.0. The van der Waals surface area contributed by atoms with Crippen molar-refractivity contribution in [1.29, 1.82) is 0 Å². The molecule has 0 saturated heterocycles. The number of nitrogens with two attached hydrogens (primary N) is 1. The smallest absolute Gasteiger partial charge is 0.288 e. The molecule has 0 unspecified atom stereocenters. The van der Waals surface area contributed by atoms with Crippen molar-refractivity contribution in [2.75, 3.05) is 11.1 Å². The average molecular weight is 268 g/mol. The van der Waals surface area contributed by atoms with Crippen LogP contribution in [-0.4, -0.2) is 15.7 Å². The molecule has 2 rings (SSSR count). The summed E-state index contributed by atoms with van der Waals surface area (Å²) < 4.78 is 24.8. The summed E-state index contributed by atoms with van der Waals surface area (Å²) in [4.78, 5) is 8.29. The number of anilines is 3. The van der Waals surface area contributed by atoms with Crippen LogP contribution in [0.5, 0.6) is 0 Å². The molecule has 0 aliphatic rings. The first-order chi connectivity index (χ1) is 8.66. The molecular weight excluding hydrogens is 258 g/mol. The highest BCUT2D eigenvalue weighted by Gasteiger charge is 2.11. The first-order valence-corrected chi connectivity index (χ1v) is 5.92. The van der Waals surface area contributed by atoms with Crippen LogP contribution in [0.2, 0.25) is 0 Å². The van der Waals surface area contributed by atoms with Crippen molar-refractivity contribution in [3.05, 3.63) is 36.7 Å². The molecule has 0 spiro atoms. The van der Waals surface area contributed by atoms with Gasteiger partial charge in [-0.2, -0.15) is 8.78 Å². The van der Waals surface area contributed by atoms with Crippen molar-refractivity contribution in [3.8, 4) is 0 Å². The Morgan fingerprint density at radius 1 is 1.17 bits per heavy atom. The van der Waals surface area contributed by atoms with Gasteiger partial charge in [0.25, 0.3) is 5.76 Å². The number of nitrogens with zero attached hydrogens (tertiary/aromatic N) is 2.